The van der Waals surface area contributed by atoms with Gasteiger partial charge >= 0.3 is 0 Å². The Morgan fingerprint density at radius 3 is 2.94 bits per heavy atom. The monoisotopic (exact) mass is 243 g/mol. The van der Waals surface area contributed by atoms with E-state index >= 15 is 0 Å². The molecule has 96 valence electrons. The molecule has 3 N–H and O–H groups in total. The molecule has 1 fully saturated rings. The standard InChI is InChI=1S/C15H21N3/c1-11-3-2-4-13(7-11)10-18-15-6-5-12(9-16)8-14(15)17/h5-6,8,11,13,18H,2-4,7,10,17H2,1H3. The topological polar surface area (TPSA) is 61.8 Å². The van der Waals surface area contributed by atoms with Crippen molar-refractivity contribution in [2.75, 3.05) is 17.6 Å². The largest absolute Gasteiger partial charge is 0.397 e. The first kappa shape index (κ1) is 12.8. The molecule has 0 aliphatic heterocycles. The van der Waals surface area contributed by atoms with Gasteiger partial charge in [0.25, 0.3) is 0 Å². The molecule has 0 radical (unpaired) electrons. The van der Waals surface area contributed by atoms with Gasteiger partial charge in [0.15, 0.2) is 0 Å². The van der Waals surface area contributed by atoms with Crippen molar-refractivity contribution in [3.8, 4) is 6.07 Å². The van der Waals surface area contributed by atoms with E-state index in [-0.39, 0.29) is 0 Å². The van der Waals surface area contributed by atoms with E-state index in [1.807, 2.05) is 12.1 Å². The van der Waals surface area contributed by atoms with Crippen LogP contribution in [0.25, 0.3) is 0 Å². The highest BCUT2D eigenvalue weighted by molar-refractivity contribution is 5.68. The van der Waals surface area contributed by atoms with Gasteiger partial charge in [0.1, 0.15) is 0 Å². The Hall–Kier alpha value is -1.69. The molecule has 0 heterocycles. The summed E-state index contributed by atoms with van der Waals surface area (Å²) in [6.45, 7) is 3.32. The Kier molecular flexibility index (Phi) is 4.09. The van der Waals surface area contributed by atoms with Crippen LogP contribution in [0.1, 0.15) is 38.2 Å². The number of rotatable bonds is 3. The number of nitrogens with two attached hydrogens (primary N) is 1. The predicted octanol–water partition coefficient (Wildman–Crippen LogP) is 3.38. The molecule has 2 atom stereocenters. The second-order valence-electron chi connectivity index (χ2n) is 5.43. The van der Waals surface area contributed by atoms with Crippen LogP contribution in [0.5, 0.6) is 0 Å². The van der Waals surface area contributed by atoms with Crippen LogP contribution < -0.4 is 11.1 Å². The normalized spacial score (nSPS) is 23.3. The Balaban J connectivity index is 1.92. The number of benzene rings is 1. The predicted molar refractivity (Wildman–Crippen MR) is 75.2 cm³/mol. The van der Waals surface area contributed by atoms with Gasteiger partial charge in [-0.2, -0.15) is 5.26 Å². The minimum Gasteiger partial charge on any atom is -0.397 e. The van der Waals surface area contributed by atoms with Crippen molar-refractivity contribution in [1.29, 1.82) is 5.26 Å². The van der Waals surface area contributed by atoms with Gasteiger partial charge in [-0.15, -0.1) is 0 Å². The Bertz CT molecular complexity index is 448. The van der Waals surface area contributed by atoms with E-state index in [4.69, 9.17) is 11.0 Å². The lowest BCUT2D eigenvalue weighted by Gasteiger charge is -2.27. The molecule has 3 heteroatoms. The zero-order valence-corrected chi connectivity index (χ0v) is 10.9. The number of hydrogen-bond acceptors (Lipinski definition) is 3. The highest BCUT2D eigenvalue weighted by atomic mass is 14.9. The molecule has 1 aromatic rings. The Morgan fingerprint density at radius 1 is 1.44 bits per heavy atom. The first-order valence-electron chi connectivity index (χ1n) is 6.72. The summed E-state index contributed by atoms with van der Waals surface area (Å²) in [5.41, 5.74) is 8.16. The molecule has 0 bridgehead atoms. The van der Waals surface area contributed by atoms with Gasteiger partial charge in [0.05, 0.1) is 23.0 Å². The molecule has 1 aliphatic rings. The maximum atomic E-state index is 8.79. The summed E-state index contributed by atoms with van der Waals surface area (Å²) >= 11 is 0. The number of anilines is 2. The molecule has 0 saturated heterocycles. The van der Waals surface area contributed by atoms with Crippen molar-refractivity contribution in [2.45, 2.75) is 32.6 Å². The smallest absolute Gasteiger partial charge is 0.0992 e. The fraction of sp³-hybridized carbons (Fsp3) is 0.533. The van der Waals surface area contributed by atoms with Gasteiger partial charge < -0.3 is 11.1 Å². The van der Waals surface area contributed by atoms with Crippen LogP contribution in [0.15, 0.2) is 18.2 Å². The van der Waals surface area contributed by atoms with Gasteiger partial charge in [-0.25, -0.2) is 0 Å². The van der Waals surface area contributed by atoms with E-state index in [2.05, 4.69) is 18.3 Å². The van der Waals surface area contributed by atoms with Crippen LogP contribution >= 0.6 is 0 Å². The number of nitrogen functional groups attached to an aromatic ring is 1. The Labute approximate surface area is 109 Å². The van der Waals surface area contributed by atoms with Crippen LogP contribution in [0.4, 0.5) is 11.4 Å². The van der Waals surface area contributed by atoms with Crippen LogP contribution in [0.3, 0.4) is 0 Å². The molecule has 0 aromatic heterocycles. The summed E-state index contributed by atoms with van der Waals surface area (Å²) in [5, 5.41) is 12.2. The van der Waals surface area contributed by atoms with E-state index < -0.39 is 0 Å². The molecule has 1 aliphatic carbocycles. The lowest BCUT2D eigenvalue weighted by molar-refractivity contribution is 0.293. The van der Waals surface area contributed by atoms with Gasteiger partial charge in [-0.3, -0.25) is 0 Å². The first-order valence-corrected chi connectivity index (χ1v) is 6.72. The highest BCUT2D eigenvalue weighted by Crippen LogP contribution is 2.29. The van der Waals surface area contributed by atoms with Crippen LogP contribution in [-0.2, 0) is 0 Å². The van der Waals surface area contributed by atoms with E-state index in [0.29, 0.717) is 11.3 Å². The Morgan fingerprint density at radius 2 is 2.28 bits per heavy atom. The second kappa shape index (κ2) is 5.77. The van der Waals surface area contributed by atoms with E-state index in [0.717, 1.165) is 24.1 Å². The molecular weight excluding hydrogens is 222 g/mol. The summed E-state index contributed by atoms with van der Waals surface area (Å²) in [7, 11) is 0. The fourth-order valence-corrected chi connectivity index (χ4v) is 2.79. The van der Waals surface area contributed by atoms with Crippen LogP contribution in [-0.4, -0.2) is 6.54 Å². The maximum Gasteiger partial charge on any atom is 0.0992 e. The van der Waals surface area contributed by atoms with Gasteiger partial charge in [-0.1, -0.05) is 19.8 Å². The van der Waals surface area contributed by atoms with E-state index in [9.17, 15) is 0 Å². The molecule has 1 saturated carbocycles. The molecule has 0 spiro atoms. The molecule has 18 heavy (non-hydrogen) atoms. The SMILES string of the molecule is CC1CCCC(CNc2ccc(C#N)cc2N)C1. The van der Waals surface area contributed by atoms with Crippen LogP contribution in [0.2, 0.25) is 0 Å². The lowest BCUT2D eigenvalue weighted by atomic mass is 9.82. The number of hydrogen-bond donors (Lipinski definition) is 2. The first-order chi connectivity index (χ1) is 8.69. The van der Waals surface area contributed by atoms with Gasteiger partial charge in [-0.05, 0) is 42.9 Å². The fourth-order valence-electron chi connectivity index (χ4n) is 2.79. The zero-order valence-electron chi connectivity index (χ0n) is 10.9. The third kappa shape index (κ3) is 3.16. The van der Waals surface area contributed by atoms with Crippen molar-refractivity contribution >= 4 is 11.4 Å². The lowest BCUT2D eigenvalue weighted by Crippen LogP contribution is -2.21. The van der Waals surface area contributed by atoms with E-state index in [1.165, 1.54) is 25.7 Å². The van der Waals surface area contributed by atoms with Crippen molar-refractivity contribution in [3.63, 3.8) is 0 Å². The quantitative estimate of drug-likeness (QED) is 0.800. The average Bonchev–Trinajstić information content (AvgIpc) is 2.37. The molecular formula is C15H21N3. The second-order valence-corrected chi connectivity index (χ2v) is 5.43. The molecule has 2 unspecified atom stereocenters. The number of nitrogens with zero attached hydrogens (tertiary/aromatic N) is 1. The highest BCUT2D eigenvalue weighted by Gasteiger charge is 2.18. The van der Waals surface area contributed by atoms with Gasteiger partial charge in [0, 0.05) is 6.54 Å². The maximum absolute atomic E-state index is 8.79. The van der Waals surface area contributed by atoms with Crippen molar-refractivity contribution in [2.24, 2.45) is 11.8 Å². The van der Waals surface area contributed by atoms with Gasteiger partial charge in [0.2, 0.25) is 0 Å². The summed E-state index contributed by atoms with van der Waals surface area (Å²) in [5.74, 6) is 1.60. The van der Waals surface area contributed by atoms with Crippen LogP contribution in [0, 0.1) is 23.2 Å². The molecule has 1 aromatic carbocycles. The molecule has 0 amide bonds. The minimum atomic E-state index is 0.615. The third-order valence-corrected chi connectivity index (χ3v) is 3.81. The molecule has 3 nitrogen and oxygen atoms in total. The number of nitrogens with one attached hydrogen (secondary N) is 1. The van der Waals surface area contributed by atoms with Crippen molar-refractivity contribution in [1.82, 2.24) is 0 Å². The summed E-state index contributed by atoms with van der Waals surface area (Å²) in [4.78, 5) is 0. The zero-order chi connectivity index (χ0) is 13.0. The summed E-state index contributed by atoms with van der Waals surface area (Å²) < 4.78 is 0. The number of nitriles is 1. The molecule has 2 rings (SSSR count). The van der Waals surface area contributed by atoms with E-state index in [1.54, 1.807) is 6.07 Å². The third-order valence-electron chi connectivity index (χ3n) is 3.81. The summed E-state index contributed by atoms with van der Waals surface area (Å²) in [6, 6.07) is 7.54. The summed E-state index contributed by atoms with van der Waals surface area (Å²) in [6.07, 6.45) is 5.34. The van der Waals surface area contributed by atoms with Crippen molar-refractivity contribution in [3.05, 3.63) is 23.8 Å². The minimum absolute atomic E-state index is 0.615. The average molecular weight is 243 g/mol. The van der Waals surface area contributed by atoms with Crippen molar-refractivity contribution < 1.29 is 0 Å².